The number of hydrogen-bond acceptors (Lipinski definition) is 0. The molecule has 20 heavy (non-hydrogen) atoms. The van der Waals surface area contributed by atoms with Crippen LogP contribution in [0.5, 0.6) is 0 Å². The molecule has 0 aromatic heterocycles. The van der Waals surface area contributed by atoms with Gasteiger partial charge in [-0.25, -0.2) is 0 Å². The van der Waals surface area contributed by atoms with Crippen molar-refractivity contribution >= 4 is 14.7 Å². The molecule has 0 saturated heterocycles. The molecule has 1 aromatic carbocycles. The zero-order chi connectivity index (χ0) is 14.1. The van der Waals surface area contributed by atoms with E-state index >= 15 is 0 Å². The third kappa shape index (κ3) is 2.56. The average molecular weight is 280 g/mol. The van der Waals surface area contributed by atoms with Crippen LogP contribution in [-0.4, -0.2) is 9.52 Å². The van der Waals surface area contributed by atoms with Crippen LogP contribution in [0.2, 0.25) is 6.04 Å². The topological polar surface area (TPSA) is 0 Å². The van der Waals surface area contributed by atoms with Gasteiger partial charge in [0.15, 0.2) is 0 Å². The molecule has 0 nitrogen and oxygen atoms in total. The van der Waals surface area contributed by atoms with E-state index in [-0.39, 0.29) is 0 Å². The summed E-state index contributed by atoms with van der Waals surface area (Å²) in [5.74, 6) is 0.753. The van der Waals surface area contributed by atoms with Gasteiger partial charge in [-0.15, -0.1) is 0 Å². The molecule has 2 radical (unpaired) electrons. The van der Waals surface area contributed by atoms with Gasteiger partial charge >= 0.3 is 0 Å². The first kappa shape index (κ1) is 13.9. The highest BCUT2D eigenvalue weighted by Crippen LogP contribution is 2.41. The smallest absolute Gasteiger partial charge is 0.0662 e. The number of allylic oxidation sites excluding steroid dienone is 4. The van der Waals surface area contributed by atoms with Crippen LogP contribution in [0.25, 0.3) is 0 Å². The number of aryl methyl sites for hydroxylation is 1. The Hall–Kier alpha value is -1.08. The monoisotopic (exact) mass is 280 g/mol. The Labute approximate surface area is 125 Å². The number of benzene rings is 1. The second-order valence-electron chi connectivity index (χ2n) is 6.33. The van der Waals surface area contributed by atoms with E-state index < -0.39 is 0 Å². The minimum atomic E-state index is 0.753. The van der Waals surface area contributed by atoms with E-state index in [1.165, 1.54) is 42.9 Å². The molecule has 0 amide bonds. The summed E-state index contributed by atoms with van der Waals surface area (Å²) in [5, 5.41) is 1.57. The minimum Gasteiger partial charge on any atom is -0.0662 e. The molecule has 2 aliphatic carbocycles. The highest BCUT2D eigenvalue weighted by molar-refractivity contribution is 6.54. The van der Waals surface area contributed by atoms with Gasteiger partial charge in [-0.1, -0.05) is 40.6 Å². The van der Waals surface area contributed by atoms with Gasteiger partial charge in [0.2, 0.25) is 0 Å². The molecule has 1 unspecified atom stereocenters. The van der Waals surface area contributed by atoms with Gasteiger partial charge in [0, 0.05) is 0 Å². The Balaban J connectivity index is 1.74. The van der Waals surface area contributed by atoms with E-state index in [0.717, 1.165) is 15.4 Å². The van der Waals surface area contributed by atoms with Crippen LogP contribution >= 0.6 is 0 Å². The first-order valence-electron chi connectivity index (χ1n) is 7.87. The average Bonchev–Trinajstić information content (AvgIpc) is 2.76. The van der Waals surface area contributed by atoms with Crippen LogP contribution in [-0.2, 0) is 0 Å². The van der Waals surface area contributed by atoms with E-state index in [4.69, 9.17) is 0 Å². The largest absolute Gasteiger partial charge is 0.0821 e. The van der Waals surface area contributed by atoms with Crippen molar-refractivity contribution in [3.63, 3.8) is 0 Å². The molecule has 1 atom stereocenters. The van der Waals surface area contributed by atoms with Gasteiger partial charge in [0.25, 0.3) is 0 Å². The molecular weight excluding hydrogens is 256 g/mol. The van der Waals surface area contributed by atoms with Crippen molar-refractivity contribution in [1.29, 1.82) is 0 Å². The standard InChI is InChI=1S/C19H24Si/c1-13-7-6-10-19(15(13)3)20-12-18-14(2)11-16-8-4-5-9-17(16)18/h6-7,10-11,18H,4-5,8-9,12H2,1-3H3. The summed E-state index contributed by atoms with van der Waals surface area (Å²) in [4.78, 5) is 0. The molecule has 0 spiro atoms. The van der Waals surface area contributed by atoms with Crippen LogP contribution in [0.15, 0.2) is 41.0 Å². The summed E-state index contributed by atoms with van der Waals surface area (Å²) >= 11 is 0. The molecule has 104 valence electrons. The third-order valence-electron chi connectivity index (χ3n) is 5.03. The molecule has 0 N–H and O–H groups in total. The lowest BCUT2D eigenvalue weighted by Gasteiger charge is -2.21. The molecule has 1 heteroatoms. The fourth-order valence-electron chi connectivity index (χ4n) is 3.60. The van der Waals surface area contributed by atoms with Crippen LogP contribution in [0, 0.1) is 19.8 Å². The summed E-state index contributed by atoms with van der Waals surface area (Å²) in [6.07, 6.45) is 7.98. The molecule has 0 heterocycles. The quantitative estimate of drug-likeness (QED) is 0.715. The maximum Gasteiger partial charge on any atom is 0.0821 e. The highest BCUT2D eigenvalue weighted by Gasteiger charge is 2.26. The Morgan fingerprint density at radius 1 is 1.10 bits per heavy atom. The van der Waals surface area contributed by atoms with Crippen molar-refractivity contribution in [1.82, 2.24) is 0 Å². The van der Waals surface area contributed by atoms with E-state index in [9.17, 15) is 0 Å². The molecule has 1 aromatic rings. The van der Waals surface area contributed by atoms with Gasteiger partial charge in [0.05, 0.1) is 9.52 Å². The Kier molecular flexibility index (Phi) is 3.98. The fraction of sp³-hybridized carbons (Fsp3) is 0.474. The maximum absolute atomic E-state index is 2.49. The van der Waals surface area contributed by atoms with Crippen molar-refractivity contribution in [2.45, 2.75) is 52.5 Å². The lowest BCUT2D eigenvalue weighted by Crippen LogP contribution is -2.21. The Morgan fingerprint density at radius 3 is 2.75 bits per heavy atom. The van der Waals surface area contributed by atoms with E-state index in [0.29, 0.717) is 0 Å². The van der Waals surface area contributed by atoms with Crippen LogP contribution < -0.4 is 5.19 Å². The highest BCUT2D eigenvalue weighted by atomic mass is 28.2. The Bertz CT molecular complexity index is 577. The SMILES string of the molecule is CC1=CC2=C(CCCC2)C1C[Si]c1cccc(C)c1C. The zero-order valence-corrected chi connectivity index (χ0v) is 13.9. The lowest BCUT2D eigenvalue weighted by atomic mass is 9.88. The number of rotatable bonds is 3. The van der Waals surface area contributed by atoms with Crippen LogP contribution in [0.4, 0.5) is 0 Å². The van der Waals surface area contributed by atoms with Gasteiger partial charge < -0.3 is 0 Å². The first-order valence-corrected chi connectivity index (χ1v) is 9.07. The minimum absolute atomic E-state index is 0.753. The van der Waals surface area contributed by atoms with Gasteiger partial charge in [-0.3, -0.25) is 0 Å². The van der Waals surface area contributed by atoms with Crippen molar-refractivity contribution in [3.8, 4) is 0 Å². The Morgan fingerprint density at radius 2 is 1.90 bits per heavy atom. The fourth-order valence-corrected chi connectivity index (χ4v) is 5.27. The van der Waals surface area contributed by atoms with E-state index in [2.05, 4.69) is 45.0 Å². The molecular formula is C19H24Si. The summed E-state index contributed by atoms with van der Waals surface area (Å²) in [5.41, 5.74) is 8.03. The molecule has 3 rings (SSSR count). The molecule has 2 aliphatic rings. The lowest BCUT2D eigenvalue weighted by molar-refractivity contribution is 0.636. The van der Waals surface area contributed by atoms with Gasteiger partial charge in [-0.05, 0) is 75.1 Å². The summed E-state index contributed by atoms with van der Waals surface area (Å²) in [7, 11) is 0.949. The normalized spacial score (nSPS) is 21.9. The summed E-state index contributed by atoms with van der Waals surface area (Å²) in [6.45, 7) is 6.85. The second kappa shape index (κ2) is 5.73. The van der Waals surface area contributed by atoms with E-state index in [1.54, 1.807) is 21.9 Å². The maximum atomic E-state index is 2.49. The second-order valence-corrected chi connectivity index (χ2v) is 7.63. The third-order valence-corrected chi connectivity index (χ3v) is 6.56. The van der Waals surface area contributed by atoms with Gasteiger partial charge in [0.1, 0.15) is 0 Å². The molecule has 0 saturated carbocycles. The van der Waals surface area contributed by atoms with E-state index in [1.807, 2.05) is 0 Å². The van der Waals surface area contributed by atoms with Crippen molar-refractivity contribution in [2.24, 2.45) is 5.92 Å². The predicted molar refractivity (Wildman–Crippen MR) is 88.9 cm³/mol. The van der Waals surface area contributed by atoms with Crippen molar-refractivity contribution in [2.75, 3.05) is 0 Å². The summed E-state index contributed by atoms with van der Waals surface area (Å²) < 4.78 is 0. The summed E-state index contributed by atoms with van der Waals surface area (Å²) in [6, 6.07) is 8.09. The van der Waals surface area contributed by atoms with Crippen LogP contribution in [0.1, 0.15) is 43.7 Å². The van der Waals surface area contributed by atoms with Gasteiger partial charge in [-0.2, -0.15) is 0 Å². The number of hydrogen-bond donors (Lipinski definition) is 0. The first-order chi connectivity index (χ1) is 9.66. The van der Waals surface area contributed by atoms with Crippen LogP contribution in [0.3, 0.4) is 0 Å². The predicted octanol–water partition coefficient (Wildman–Crippen LogP) is 4.50. The zero-order valence-electron chi connectivity index (χ0n) is 12.9. The molecule has 0 aliphatic heterocycles. The van der Waals surface area contributed by atoms with Crippen molar-refractivity contribution in [3.05, 3.63) is 52.1 Å². The molecule has 0 fully saturated rings. The van der Waals surface area contributed by atoms with Crippen molar-refractivity contribution < 1.29 is 0 Å². The molecule has 0 bridgehead atoms.